The van der Waals surface area contributed by atoms with E-state index in [1.807, 2.05) is 0 Å². The molecule has 0 saturated carbocycles. The summed E-state index contributed by atoms with van der Waals surface area (Å²) in [6, 6.07) is -0.233. The Morgan fingerprint density at radius 2 is 1.98 bits per heavy atom. The monoisotopic (exact) mass is 606 g/mol. The number of rotatable bonds is 9. The number of anilines is 1. The van der Waals surface area contributed by atoms with Crippen molar-refractivity contribution in [3.05, 3.63) is 56.6 Å². The molecular formula is C23H22N6O10S2. The number of carbonyl (C=O) groups excluding carboxylic acids is 2. The first-order valence-electron chi connectivity index (χ1n) is 11.5. The molecule has 16 nitrogen and oxygen atoms in total. The first-order valence-corrected chi connectivity index (χ1v) is 13.4. The Labute approximate surface area is 238 Å². The molecule has 0 aliphatic carbocycles. The van der Waals surface area contributed by atoms with Gasteiger partial charge in [-0.25, -0.2) is 14.6 Å². The van der Waals surface area contributed by atoms with Crippen LogP contribution in [0, 0.1) is 0 Å². The van der Waals surface area contributed by atoms with Gasteiger partial charge >= 0.3 is 11.9 Å². The molecular weight excluding hydrogens is 584 g/mol. The van der Waals surface area contributed by atoms with Crippen LogP contribution in [0.2, 0.25) is 0 Å². The lowest BCUT2D eigenvalue weighted by Gasteiger charge is -2.49. The summed E-state index contributed by atoms with van der Waals surface area (Å²) < 4.78 is 0.476. The molecule has 2 aliphatic heterocycles. The number of oxime groups is 1. The minimum absolute atomic E-state index is 0.0266. The number of thioether (sulfide) groups is 1. The molecule has 0 unspecified atom stereocenters. The average Bonchev–Trinajstić information content (AvgIpc) is 3.33. The quantitative estimate of drug-likeness (QED) is 0.0943. The van der Waals surface area contributed by atoms with Crippen LogP contribution in [0.15, 0.2) is 44.9 Å². The summed E-state index contributed by atoms with van der Waals surface area (Å²) in [5.74, 6) is -5.07. The van der Waals surface area contributed by atoms with Crippen molar-refractivity contribution in [1.29, 1.82) is 0 Å². The lowest BCUT2D eigenvalue weighted by molar-refractivity contribution is -0.161. The number of nitrogens with one attached hydrogen (secondary N) is 1. The Kier molecular flexibility index (Phi) is 7.80. The number of aliphatic carboxylic acids is 2. The number of fused-ring (bicyclic) bond motifs is 1. The number of nitrogen functional groups attached to an aromatic ring is 1. The van der Waals surface area contributed by atoms with E-state index in [-0.39, 0.29) is 33.5 Å². The first-order chi connectivity index (χ1) is 19.2. The molecule has 7 N–H and O–H groups in total. The maximum absolute atomic E-state index is 13.2. The van der Waals surface area contributed by atoms with Crippen molar-refractivity contribution in [1.82, 2.24) is 19.9 Å². The number of amides is 2. The third-order valence-corrected chi connectivity index (χ3v) is 7.82. The molecule has 1 saturated heterocycles. The molecule has 2 aromatic rings. The van der Waals surface area contributed by atoms with Crippen molar-refractivity contribution >= 4 is 63.8 Å². The maximum atomic E-state index is 13.2. The number of pyridine rings is 1. The minimum atomic E-state index is -1.80. The SMILES string of the molecule is CC(C)(ON=C(C(=O)N[C@@H]1C(=O)N2C(C(=O)O)=C(C=Cc3cc(=O)c(O)cn3O)CS[C@H]12)c1csc(N)n1)C(=O)O. The molecule has 0 bridgehead atoms. The van der Waals surface area contributed by atoms with Gasteiger partial charge in [-0.3, -0.25) is 19.3 Å². The summed E-state index contributed by atoms with van der Waals surface area (Å²) in [7, 11) is 0. The Morgan fingerprint density at radius 3 is 2.59 bits per heavy atom. The molecule has 0 radical (unpaired) electrons. The highest BCUT2D eigenvalue weighted by Gasteiger charge is 2.54. The van der Waals surface area contributed by atoms with E-state index in [1.54, 1.807) is 0 Å². The zero-order chi connectivity index (χ0) is 30.2. The fourth-order valence-electron chi connectivity index (χ4n) is 3.62. The van der Waals surface area contributed by atoms with Crippen molar-refractivity contribution in [2.75, 3.05) is 11.5 Å². The smallest absolute Gasteiger partial charge is 0.352 e. The van der Waals surface area contributed by atoms with Gasteiger partial charge < -0.3 is 36.4 Å². The molecule has 4 heterocycles. The molecule has 2 atom stereocenters. The number of carbonyl (C=O) groups is 4. The number of β-lactam (4-membered cyclic amide) rings is 1. The van der Waals surface area contributed by atoms with Gasteiger partial charge in [0.15, 0.2) is 16.6 Å². The predicted molar refractivity (Wildman–Crippen MR) is 144 cm³/mol. The molecule has 18 heteroatoms. The van der Waals surface area contributed by atoms with Crippen molar-refractivity contribution in [2.45, 2.75) is 30.9 Å². The number of hydrogen-bond donors (Lipinski definition) is 6. The molecule has 41 heavy (non-hydrogen) atoms. The number of hydrogen-bond acceptors (Lipinski definition) is 13. The van der Waals surface area contributed by atoms with Crippen LogP contribution >= 0.6 is 23.1 Å². The van der Waals surface area contributed by atoms with Crippen LogP contribution in [0.4, 0.5) is 5.13 Å². The molecule has 4 rings (SSSR count). The van der Waals surface area contributed by atoms with Crippen LogP contribution in [-0.4, -0.2) is 87.4 Å². The van der Waals surface area contributed by atoms with Crippen molar-refractivity contribution in [3.8, 4) is 5.75 Å². The van der Waals surface area contributed by atoms with Crippen molar-refractivity contribution in [2.24, 2.45) is 5.16 Å². The third kappa shape index (κ3) is 5.73. The van der Waals surface area contributed by atoms with Crippen molar-refractivity contribution < 1.29 is 44.5 Å². The van der Waals surface area contributed by atoms with E-state index in [4.69, 9.17) is 10.6 Å². The highest BCUT2D eigenvalue weighted by molar-refractivity contribution is 8.00. The normalized spacial score (nSPS) is 19.1. The number of nitrogens with zero attached hydrogens (tertiary/aromatic N) is 4. The van der Waals surface area contributed by atoms with Gasteiger partial charge in [-0.15, -0.1) is 23.1 Å². The highest BCUT2D eigenvalue weighted by atomic mass is 32.2. The third-order valence-electron chi connectivity index (χ3n) is 5.84. The Morgan fingerprint density at radius 1 is 1.27 bits per heavy atom. The fourth-order valence-corrected chi connectivity index (χ4v) is 5.49. The van der Waals surface area contributed by atoms with E-state index in [2.05, 4.69) is 15.5 Å². The lowest BCUT2D eigenvalue weighted by Crippen LogP contribution is -2.71. The second-order valence-electron chi connectivity index (χ2n) is 9.08. The molecule has 0 spiro atoms. The summed E-state index contributed by atoms with van der Waals surface area (Å²) in [5, 5.41) is 45.3. The second-order valence-corrected chi connectivity index (χ2v) is 11.1. The van der Waals surface area contributed by atoms with Crippen LogP contribution in [0.1, 0.15) is 25.2 Å². The average molecular weight is 607 g/mol. The van der Waals surface area contributed by atoms with Gasteiger partial charge in [-0.1, -0.05) is 11.2 Å². The van der Waals surface area contributed by atoms with Crippen LogP contribution in [0.5, 0.6) is 5.75 Å². The lowest BCUT2D eigenvalue weighted by atomic mass is 10.0. The maximum Gasteiger partial charge on any atom is 0.352 e. The molecule has 2 amide bonds. The van der Waals surface area contributed by atoms with Gasteiger partial charge in [0.2, 0.25) is 11.0 Å². The van der Waals surface area contributed by atoms with Gasteiger partial charge in [0, 0.05) is 17.2 Å². The standard InChI is InChI=1S/C23H22N6O10S2/c1-23(2,21(36)37)39-27-14(11-8-41-22(24)25-11)17(32)26-15-18(33)29-16(20(34)35)9(7-40-19(15)29)3-4-10-5-12(30)13(31)6-28(10)38/h3-6,8,15,19,31,38H,7H2,1-2H3,(H2,24,25)(H,26,32)(H,34,35)(H,36,37)/t15-,19-/m1/s1. The van der Waals surface area contributed by atoms with Crippen LogP contribution in [0.25, 0.3) is 6.08 Å². The van der Waals surface area contributed by atoms with Crippen LogP contribution < -0.4 is 16.5 Å². The summed E-state index contributed by atoms with van der Waals surface area (Å²) in [4.78, 5) is 71.4. The van der Waals surface area contributed by atoms with Gasteiger partial charge in [-0.2, -0.15) is 4.73 Å². The van der Waals surface area contributed by atoms with E-state index in [9.17, 15) is 44.5 Å². The van der Waals surface area contributed by atoms with E-state index >= 15 is 0 Å². The summed E-state index contributed by atoms with van der Waals surface area (Å²) in [6.45, 7) is 2.42. The Balaban J connectivity index is 1.57. The van der Waals surface area contributed by atoms with E-state index in [0.717, 1.165) is 40.3 Å². The Bertz CT molecular complexity index is 1610. The predicted octanol–water partition coefficient (Wildman–Crippen LogP) is -0.134. The van der Waals surface area contributed by atoms with Gasteiger partial charge in [0.05, 0.1) is 11.9 Å². The second kappa shape index (κ2) is 11.0. The Hall–Kier alpha value is -4.84. The number of aromatic hydroxyl groups is 1. The van der Waals surface area contributed by atoms with Crippen molar-refractivity contribution in [3.63, 3.8) is 0 Å². The number of carboxylic acid groups (broad SMARTS) is 2. The van der Waals surface area contributed by atoms with Gasteiger partial charge in [-0.05, 0) is 25.5 Å². The molecule has 1 fully saturated rings. The number of nitrogens with two attached hydrogens (primary N) is 1. The van der Waals surface area contributed by atoms with E-state index in [0.29, 0.717) is 4.73 Å². The van der Waals surface area contributed by atoms with E-state index < -0.39 is 57.7 Å². The summed E-state index contributed by atoms with van der Waals surface area (Å²) in [5.41, 5.74) is 2.38. The van der Waals surface area contributed by atoms with E-state index in [1.165, 1.54) is 31.4 Å². The molecule has 216 valence electrons. The van der Waals surface area contributed by atoms with Gasteiger partial charge in [0.1, 0.15) is 22.8 Å². The molecule has 2 aliphatic rings. The molecule has 2 aromatic heterocycles. The number of thiazole rings is 1. The van der Waals surface area contributed by atoms with Crippen LogP contribution in [0.3, 0.4) is 0 Å². The number of carboxylic acids is 2. The zero-order valence-electron chi connectivity index (χ0n) is 21.2. The summed E-state index contributed by atoms with van der Waals surface area (Å²) >= 11 is 2.12. The zero-order valence-corrected chi connectivity index (χ0v) is 22.8. The van der Waals surface area contributed by atoms with Crippen LogP contribution in [-0.2, 0) is 24.0 Å². The van der Waals surface area contributed by atoms with Gasteiger partial charge in [0.25, 0.3) is 11.8 Å². The minimum Gasteiger partial charge on any atom is -0.503 e. The largest absolute Gasteiger partial charge is 0.503 e. The fraction of sp³-hybridized carbons (Fsp3) is 0.261. The topological polar surface area (TPSA) is 247 Å². The number of aromatic nitrogens is 2. The summed E-state index contributed by atoms with van der Waals surface area (Å²) in [6.07, 6.45) is 3.32. The molecule has 0 aromatic carbocycles. The highest BCUT2D eigenvalue weighted by Crippen LogP contribution is 2.40. The first kappa shape index (κ1) is 29.2. The number of allylic oxidation sites excluding steroid dienone is 1.